The summed E-state index contributed by atoms with van der Waals surface area (Å²) in [6, 6.07) is 0. The van der Waals surface area contributed by atoms with Gasteiger partial charge in [-0.15, -0.1) is 0 Å². The molecule has 0 bridgehead atoms. The van der Waals surface area contributed by atoms with Gasteiger partial charge in [0, 0.05) is 6.92 Å². The number of hydrazine groups is 1. The molecule has 0 aliphatic heterocycles. The Hall–Kier alpha value is -0.700. The first-order valence-electron chi connectivity index (χ1n) is 2.98. The maximum absolute atomic E-state index is 10.2. The molecule has 0 spiro atoms. The second kappa shape index (κ2) is 4.36. The summed E-state index contributed by atoms with van der Waals surface area (Å²) in [6.07, 6.45) is 0. The summed E-state index contributed by atoms with van der Waals surface area (Å²) in [5, 5.41) is 8.65. The van der Waals surface area contributed by atoms with Crippen molar-refractivity contribution in [1.82, 2.24) is 10.9 Å². The average Bonchev–Trinajstić information content (AvgIpc) is 1.84. The Morgan fingerprint density at radius 2 is 2.08 bits per heavy atom. The number of hydrogen-bond acceptors (Lipinski definition) is 5. The maximum Gasteiger partial charge on any atom is 0.293 e. The van der Waals surface area contributed by atoms with E-state index >= 15 is 0 Å². The summed E-state index contributed by atoms with van der Waals surface area (Å²) in [4.78, 5) is 10.2. The summed E-state index contributed by atoms with van der Waals surface area (Å²) in [7, 11) is -4.46. The fraction of sp³-hybridized carbons (Fsp3) is 0.750. The van der Waals surface area contributed by atoms with Gasteiger partial charge in [-0.25, -0.2) is 5.43 Å². The van der Waals surface area contributed by atoms with Gasteiger partial charge < -0.3 is 5.11 Å². The number of rotatable bonds is 4. The minimum atomic E-state index is -4.46. The molecule has 0 heterocycles. The van der Waals surface area contributed by atoms with Crippen LogP contribution in [0.2, 0.25) is 0 Å². The van der Waals surface area contributed by atoms with Crippen molar-refractivity contribution in [1.29, 1.82) is 0 Å². The van der Waals surface area contributed by atoms with Crippen molar-refractivity contribution >= 4 is 16.0 Å². The van der Waals surface area contributed by atoms with Crippen LogP contribution in [-0.2, 0) is 14.9 Å². The van der Waals surface area contributed by atoms with Crippen LogP contribution in [-0.4, -0.2) is 36.0 Å². The third-order valence-electron chi connectivity index (χ3n) is 0.885. The van der Waals surface area contributed by atoms with Crippen LogP contribution in [0.25, 0.3) is 0 Å². The van der Waals surface area contributed by atoms with Crippen molar-refractivity contribution in [3.8, 4) is 0 Å². The van der Waals surface area contributed by atoms with Gasteiger partial charge in [-0.3, -0.25) is 14.8 Å². The predicted molar refractivity (Wildman–Crippen MR) is 39.4 cm³/mol. The Balaban J connectivity index is 3.73. The molecule has 0 rings (SSSR count). The molecule has 0 aromatic carbocycles. The lowest BCUT2D eigenvalue weighted by Crippen LogP contribution is -2.42. The Morgan fingerprint density at radius 3 is 2.42 bits per heavy atom. The van der Waals surface area contributed by atoms with Gasteiger partial charge in [0.15, 0.2) is 5.44 Å². The topological polar surface area (TPSA) is 116 Å². The van der Waals surface area contributed by atoms with Gasteiger partial charge in [-0.2, -0.15) is 8.42 Å². The maximum atomic E-state index is 10.2. The lowest BCUT2D eigenvalue weighted by atomic mass is 10.7. The first-order valence-corrected chi connectivity index (χ1v) is 4.48. The summed E-state index contributed by atoms with van der Waals surface area (Å²) >= 11 is 0. The summed E-state index contributed by atoms with van der Waals surface area (Å²) in [6.45, 7) is 0.727. The number of aliphatic hydroxyl groups is 1. The van der Waals surface area contributed by atoms with Gasteiger partial charge in [0.25, 0.3) is 10.1 Å². The molecule has 4 N–H and O–H groups in total. The van der Waals surface area contributed by atoms with Crippen LogP contribution < -0.4 is 10.9 Å². The molecule has 7 nitrogen and oxygen atoms in total. The summed E-state index contributed by atoms with van der Waals surface area (Å²) in [5.41, 5.74) is 2.19. The molecule has 0 saturated carbocycles. The van der Waals surface area contributed by atoms with Crippen molar-refractivity contribution in [2.24, 2.45) is 0 Å². The van der Waals surface area contributed by atoms with Crippen molar-refractivity contribution in [2.75, 3.05) is 6.54 Å². The molecular formula is C4H10N2O5S. The quantitative estimate of drug-likeness (QED) is 0.302. The zero-order valence-corrected chi connectivity index (χ0v) is 7.13. The van der Waals surface area contributed by atoms with Crippen LogP contribution in [0.5, 0.6) is 0 Å². The summed E-state index contributed by atoms with van der Waals surface area (Å²) in [5.74, 6) is -0.433. The molecule has 72 valence electrons. The molecule has 12 heavy (non-hydrogen) atoms. The third kappa shape index (κ3) is 5.02. The van der Waals surface area contributed by atoms with E-state index in [0.29, 0.717) is 0 Å². The van der Waals surface area contributed by atoms with E-state index in [4.69, 9.17) is 9.66 Å². The van der Waals surface area contributed by atoms with E-state index in [0.717, 1.165) is 0 Å². The van der Waals surface area contributed by atoms with E-state index in [1.54, 1.807) is 0 Å². The van der Waals surface area contributed by atoms with Crippen LogP contribution in [0.1, 0.15) is 6.92 Å². The molecule has 0 aliphatic rings. The van der Waals surface area contributed by atoms with Crippen LogP contribution in [0.4, 0.5) is 0 Å². The van der Waals surface area contributed by atoms with Gasteiger partial charge in [0.05, 0.1) is 6.54 Å². The number of nitrogens with one attached hydrogen (secondary N) is 2. The molecule has 0 saturated heterocycles. The SMILES string of the molecule is CC(=O)NNCC(O)S(=O)(=O)O. The molecule has 0 aliphatic carbocycles. The average molecular weight is 198 g/mol. The van der Waals surface area contributed by atoms with E-state index in [1.165, 1.54) is 6.92 Å². The van der Waals surface area contributed by atoms with Gasteiger partial charge in [-0.1, -0.05) is 0 Å². The number of carbonyl (C=O) groups excluding carboxylic acids is 1. The largest absolute Gasteiger partial charge is 0.374 e. The predicted octanol–water partition coefficient (Wildman–Crippen LogP) is -2.17. The highest BCUT2D eigenvalue weighted by molar-refractivity contribution is 7.86. The third-order valence-corrected chi connectivity index (χ3v) is 1.74. The summed E-state index contributed by atoms with van der Waals surface area (Å²) < 4.78 is 28.5. The first kappa shape index (κ1) is 11.3. The van der Waals surface area contributed by atoms with E-state index in [1.807, 2.05) is 5.43 Å². The van der Waals surface area contributed by atoms with Crippen molar-refractivity contribution in [3.05, 3.63) is 0 Å². The number of aliphatic hydroxyl groups excluding tert-OH is 1. The fourth-order valence-corrected chi connectivity index (χ4v) is 0.662. The normalized spacial score (nSPS) is 13.9. The second-order valence-electron chi connectivity index (χ2n) is 2.03. The van der Waals surface area contributed by atoms with E-state index < -0.39 is 28.0 Å². The number of carbonyl (C=O) groups is 1. The van der Waals surface area contributed by atoms with Crippen molar-refractivity contribution in [3.63, 3.8) is 0 Å². The highest BCUT2D eigenvalue weighted by atomic mass is 32.2. The molecule has 0 aromatic rings. The fourth-order valence-electron chi connectivity index (χ4n) is 0.368. The Kier molecular flexibility index (Phi) is 4.10. The molecule has 0 radical (unpaired) electrons. The Morgan fingerprint density at radius 1 is 1.58 bits per heavy atom. The molecule has 0 fully saturated rings. The Labute approximate surface area is 69.5 Å². The molecular weight excluding hydrogens is 188 g/mol. The smallest absolute Gasteiger partial charge is 0.293 e. The van der Waals surface area contributed by atoms with Crippen molar-refractivity contribution < 1.29 is 22.9 Å². The minimum Gasteiger partial charge on any atom is -0.374 e. The Bertz CT molecular complexity index is 248. The first-order chi connectivity index (χ1) is 5.34. The van der Waals surface area contributed by atoms with Crippen LogP contribution >= 0.6 is 0 Å². The minimum absolute atomic E-state index is 0.433. The highest BCUT2D eigenvalue weighted by Gasteiger charge is 2.18. The van der Waals surface area contributed by atoms with E-state index in [9.17, 15) is 13.2 Å². The van der Waals surface area contributed by atoms with Gasteiger partial charge in [0.1, 0.15) is 0 Å². The second-order valence-corrected chi connectivity index (χ2v) is 3.61. The molecule has 1 atom stereocenters. The molecule has 8 heteroatoms. The van der Waals surface area contributed by atoms with E-state index in [-0.39, 0.29) is 0 Å². The zero-order chi connectivity index (χ0) is 9.78. The monoisotopic (exact) mass is 198 g/mol. The van der Waals surface area contributed by atoms with Crippen LogP contribution in [0.3, 0.4) is 0 Å². The molecule has 1 amide bonds. The zero-order valence-electron chi connectivity index (χ0n) is 6.31. The van der Waals surface area contributed by atoms with E-state index in [2.05, 4.69) is 5.43 Å². The molecule has 0 aromatic heterocycles. The van der Waals surface area contributed by atoms with Gasteiger partial charge in [0.2, 0.25) is 5.91 Å². The van der Waals surface area contributed by atoms with Crippen LogP contribution in [0, 0.1) is 0 Å². The standard InChI is InChI=1S/C4H10N2O5S/c1-3(7)6-5-2-4(8)12(9,10)11/h4-5,8H,2H2,1H3,(H,6,7)(H,9,10,11). The van der Waals surface area contributed by atoms with Gasteiger partial charge >= 0.3 is 0 Å². The van der Waals surface area contributed by atoms with Crippen molar-refractivity contribution in [2.45, 2.75) is 12.4 Å². The van der Waals surface area contributed by atoms with Gasteiger partial charge in [-0.05, 0) is 0 Å². The number of amides is 1. The lowest BCUT2D eigenvalue weighted by molar-refractivity contribution is -0.120. The lowest BCUT2D eigenvalue weighted by Gasteiger charge is -2.08. The number of hydrogen-bond donors (Lipinski definition) is 4. The molecule has 1 unspecified atom stereocenters. The highest BCUT2D eigenvalue weighted by Crippen LogP contribution is 1.89. The van der Waals surface area contributed by atoms with Crippen LogP contribution in [0.15, 0.2) is 0 Å².